The van der Waals surface area contributed by atoms with E-state index in [1.807, 2.05) is 6.92 Å². The molecule has 0 rings (SSSR count). The van der Waals surface area contributed by atoms with Crippen molar-refractivity contribution >= 4 is 18.3 Å². The SMILES string of the molecule is CC(=N)CCCS. The van der Waals surface area contributed by atoms with Crippen molar-refractivity contribution < 1.29 is 0 Å². The molecule has 0 heterocycles. The summed E-state index contributed by atoms with van der Waals surface area (Å²) in [4.78, 5) is 0. The van der Waals surface area contributed by atoms with E-state index in [0.29, 0.717) is 0 Å². The minimum atomic E-state index is 0.758. The van der Waals surface area contributed by atoms with E-state index in [0.717, 1.165) is 24.3 Å². The van der Waals surface area contributed by atoms with E-state index in [9.17, 15) is 0 Å². The lowest BCUT2D eigenvalue weighted by atomic mass is 10.2. The Hall–Kier alpha value is 0.0200. The second-order valence-corrected chi connectivity index (χ2v) is 2.05. The van der Waals surface area contributed by atoms with Gasteiger partial charge in [-0.1, -0.05) is 0 Å². The molecule has 0 aromatic carbocycles. The van der Waals surface area contributed by atoms with Gasteiger partial charge in [0.05, 0.1) is 0 Å². The van der Waals surface area contributed by atoms with Gasteiger partial charge in [0.1, 0.15) is 0 Å². The summed E-state index contributed by atoms with van der Waals surface area (Å²) in [7, 11) is 0. The Morgan fingerprint density at radius 2 is 2.29 bits per heavy atom. The van der Waals surface area contributed by atoms with Crippen molar-refractivity contribution in [3.63, 3.8) is 0 Å². The Labute approximate surface area is 50.0 Å². The van der Waals surface area contributed by atoms with Crippen LogP contribution >= 0.6 is 12.6 Å². The van der Waals surface area contributed by atoms with Crippen LogP contribution in [0.2, 0.25) is 0 Å². The summed E-state index contributed by atoms with van der Waals surface area (Å²) in [5.41, 5.74) is 0.758. The lowest BCUT2D eigenvalue weighted by Crippen LogP contribution is -1.87. The number of rotatable bonds is 3. The zero-order chi connectivity index (χ0) is 5.70. The molecular formula is C5H11NS. The third-order valence-corrected chi connectivity index (χ3v) is 1.03. The van der Waals surface area contributed by atoms with Crippen molar-refractivity contribution in [3.8, 4) is 0 Å². The quantitative estimate of drug-likeness (QED) is 0.415. The van der Waals surface area contributed by atoms with Crippen LogP contribution in [0.25, 0.3) is 0 Å². The molecule has 7 heavy (non-hydrogen) atoms. The minimum Gasteiger partial charge on any atom is -0.310 e. The molecule has 42 valence electrons. The highest BCUT2D eigenvalue weighted by Gasteiger charge is 1.83. The number of nitrogens with one attached hydrogen (secondary N) is 1. The first-order chi connectivity index (χ1) is 3.27. The van der Waals surface area contributed by atoms with Crippen LogP contribution in [-0.2, 0) is 0 Å². The molecule has 1 N–H and O–H groups in total. The van der Waals surface area contributed by atoms with Gasteiger partial charge < -0.3 is 5.41 Å². The van der Waals surface area contributed by atoms with Crippen LogP contribution in [0, 0.1) is 5.41 Å². The van der Waals surface area contributed by atoms with Gasteiger partial charge in [-0.25, -0.2) is 0 Å². The number of hydrogen-bond donors (Lipinski definition) is 2. The number of thiol groups is 1. The topological polar surface area (TPSA) is 23.9 Å². The molecular weight excluding hydrogens is 106 g/mol. The molecule has 1 nitrogen and oxygen atoms in total. The molecule has 0 radical (unpaired) electrons. The average Bonchev–Trinajstić information content (AvgIpc) is 1.61. The molecule has 0 fully saturated rings. The Balaban J connectivity index is 2.82. The van der Waals surface area contributed by atoms with Gasteiger partial charge in [-0.05, 0) is 25.5 Å². The molecule has 0 aliphatic heterocycles. The molecule has 0 saturated heterocycles. The van der Waals surface area contributed by atoms with Gasteiger partial charge in [0.25, 0.3) is 0 Å². The van der Waals surface area contributed by atoms with Crippen LogP contribution in [0.1, 0.15) is 19.8 Å². The molecule has 0 aromatic heterocycles. The summed E-state index contributed by atoms with van der Waals surface area (Å²) in [6.45, 7) is 1.82. The van der Waals surface area contributed by atoms with Crippen LogP contribution in [0.3, 0.4) is 0 Å². The summed E-state index contributed by atoms with van der Waals surface area (Å²) >= 11 is 4.00. The first-order valence-corrected chi connectivity index (χ1v) is 3.05. The molecule has 0 aliphatic rings. The van der Waals surface area contributed by atoms with Gasteiger partial charge in [-0.15, -0.1) is 0 Å². The van der Waals surface area contributed by atoms with Crippen LogP contribution in [-0.4, -0.2) is 11.5 Å². The molecule has 0 saturated carbocycles. The zero-order valence-electron chi connectivity index (χ0n) is 4.57. The maximum absolute atomic E-state index is 6.96. The molecule has 0 bridgehead atoms. The zero-order valence-corrected chi connectivity index (χ0v) is 5.46. The van der Waals surface area contributed by atoms with Crippen molar-refractivity contribution in [1.29, 1.82) is 5.41 Å². The van der Waals surface area contributed by atoms with Crippen molar-refractivity contribution in [2.24, 2.45) is 0 Å². The third kappa shape index (κ3) is 6.02. The smallest absolute Gasteiger partial charge is 0.00585 e. The molecule has 2 heteroatoms. The monoisotopic (exact) mass is 117 g/mol. The standard InChI is InChI=1S/C5H11NS/c1-5(6)3-2-4-7/h6-7H,2-4H2,1H3. The van der Waals surface area contributed by atoms with Gasteiger partial charge in [0.15, 0.2) is 0 Å². The summed E-state index contributed by atoms with van der Waals surface area (Å²) in [5, 5.41) is 6.96. The average molecular weight is 117 g/mol. The Morgan fingerprint density at radius 1 is 1.71 bits per heavy atom. The van der Waals surface area contributed by atoms with E-state index >= 15 is 0 Å². The summed E-state index contributed by atoms with van der Waals surface area (Å²) < 4.78 is 0. The maximum Gasteiger partial charge on any atom is 0.00585 e. The first-order valence-electron chi connectivity index (χ1n) is 2.42. The summed E-state index contributed by atoms with van der Waals surface area (Å²) in [6, 6.07) is 0. The van der Waals surface area contributed by atoms with Crippen LogP contribution in [0.4, 0.5) is 0 Å². The van der Waals surface area contributed by atoms with E-state index in [2.05, 4.69) is 12.6 Å². The van der Waals surface area contributed by atoms with Crippen LogP contribution in [0.5, 0.6) is 0 Å². The largest absolute Gasteiger partial charge is 0.310 e. The Bertz CT molecular complexity index is 61.1. The minimum absolute atomic E-state index is 0.758. The lowest BCUT2D eigenvalue weighted by molar-refractivity contribution is 0.998. The number of hydrogen-bond acceptors (Lipinski definition) is 2. The van der Waals surface area contributed by atoms with Crippen LogP contribution < -0.4 is 0 Å². The van der Waals surface area contributed by atoms with E-state index in [1.54, 1.807) is 0 Å². The van der Waals surface area contributed by atoms with Crippen molar-refractivity contribution in [2.75, 3.05) is 5.75 Å². The van der Waals surface area contributed by atoms with E-state index in [-0.39, 0.29) is 0 Å². The van der Waals surface area contributed by atoms with Gasteiger partial charge in [-0.3, -0.25) is 0 Å². The fraction of sp³-hybridized carbons (Fsp3) is 0.800. The Kier molecular flexibility index (Phi) is 4.20. The molecule has 0 aliphatic carbocycles. The van der Waals surface area contributed by atoms with E-state index in [1.165, 1.54) is 0 Å². The third-order valence-electron chi connectivity index (χ3n) is 0.710. The van der Waals surface area contributed by atoms with E-state index < -0.39 is 0 Å². The van der Waals surface area contributed by atoms with E-state index in [4.69, 9.17) is 5.41 Å². The molecule has 0 spiro atoms. The van der Waals surface area contributed by atoms with Crippen molar-refractivity contribution in [2.45, 2.75) is 19.8 Å². The summed E-state index contributed by atoms with van der Waals surface area (Å²) in [5.74, 6) is 0.899. The highest BCUT2D eigenvalue weighted by Crippen LogP contribution is 1.90. The fourth-order valence-electron chi connectivity index (χ4n) is 0.344. The predicted molar refractivity (Wildman–Crippen MR) is 36.5 cm³/mol. The van der Waals surface area contributed by atoms with Gasteiger partial charge in [-0.2, -0.15) is 12.6 Å². The molecule has 0 aromatic rings. The summed E-state index contributed by atoms with van der Waals surface area (Å²) in [6.07, 6.45) is 1.95. The second-order valence-electron chi connectivity index (χ2n) is 1.61. The Morgan fingerprint density at radius 3 is 2.43 bits per heavy atom. The molecule has 0 unspecified atom stereocenters. The first kappa shape index (κ1) is 7.02. The normalized spacial score (nSPS) is 8.86. The van der Waals surface area contributed by atoms with Gasteiger partial charge in [0.2, 0.25) is 0 Å². The lowest BCUT2D eigenvalue weighted by Gasteiger charge is -1.89. The maximum atomic E-state index is 6.96. The van der Waals surface area contributed by atoms with Gasteiger partial charge >= 0.3 is 0 Å². The highest BCUT2D eigenvalue weighted by molar-refractivity contribution is 7.80. The van der Waals surface area contributed by atoms with Crippen molar-refractivity contribution in [3.05, 3.63) is 0 Å². The molecule has 0 amide bonds. The fourth-order valence-corrected chi connectivity index (χ4v) is 0.502. The predicted octanol–water partition coefficient (Wildman–Crippen LogP) is 1.74. The second kappa shape index (κ2) is 4.19. The van der Waals surface area contributed by atoms with Crippen LogP contribution in [0.15, 0.2) is 0 Å². The highest BCUT2D eigenvalue weighted by atomic mass is 32.1. The van der Waals surface area contributed by atoms with Gasteiger partial charge in [0, 0.05) is 5.71 Å². The molecule has 0 atom stereocenters. The van der Waals surface area contributed by atoms with Crippen molar-refractivity contribution in [1.82, 2.24) is 0 Å².